The van der Waals surface area contributed by atoms with Crippen molar-refractivity contribution in [3.05, 3.63) is 35.8 Å². The van der Waals surface area contributed by atoms with Gasteiger partial charge < -0.3 is 10.3 Å². The third-order valence-corrected chi connectivity index (χ3v) is 2.12. The lowest BCUT2D eigenvalue weighted by molar-refractivity contribution is 0.637. The van der Waals surface area contributed by atoms with Crippen molar-refractivity contribution in [2.45, 2.75) is 6.54 Å². The van der Waals surface area contributed by atoms with E-state index in [9.17, 15) is 4.39 Å². The van der Waals surface area contributed by atoms with Crippen molar-refractivity contribution in [1.82, 2.24) is 10.3 Å². The van der Waals surface area contributed by atoms with E-state index in [1.165, 1.54) is 6.07 Å². The summed E-state index contributed by atoms with van der Waals surface area (Å²) in [5.41, 5.74) is 1.68. The van der Waals surface area contributed by atoms with E-state index in [-0.39, 0.29) is 5.82 Å². The highest BCUT2D eigenvalue weighted by Gasteiger charge is 2.05. The average molecular weight is 178 g/mol. The molecule has 0 saturated heterocycles. The predicted octanol–water partition coefficient (Wildman–Crippen LogP) is 2.03. The maximum absolute atomic E-state index is 13.2. The monoisotopic (exact) mass is 178 g/mol. The molecular formula is C10H11FN2. The Kier molecular flexibility index (Phi) is 2.02. The lowest BCUT2D eigenvalue weighted by Crippen LogP contribution is -2.03. The fourth-order valence-corrected chi connectivity index (χ4v) is 1.51. The number of H-pyrrole nitrogens is 1. The van der Waals surface area contributed by atoms with Crippen molar-refractivity contribution in [1.29, 1.82) is 0 Å². The summed E-state index contributed by atoms with van der Waals surface area (Å²) in [4.78, 5) is 2.93. The van der Waals surface area contributed by atoms with Crippen LogP contribution in [0.25, 0.3) is 10.9 Å². The molecule has 0 atom stereocenters. The number of fused-ring (bicyclic) bond motifs is 1. The Balaban J connectivity index is 2.61. The number of para-hydroxylation sites is 1. The molecule has 0 radical (unpaired) electrons. The van der Waals surface area contributed by atoms with Crippen LogP contribution in [0, 0.1) is 5.82 Å². The zero-order valence-electron chi connectivity index (χ0n) is 7.39. The van der Waals surface area contributed by atoms with Gasteiger partial charge in [-0.15, -0.1) is 0 Å². The van der Waals surface area contributed by atoms with Crippen LogP contribution in [-0.4, -0.2) is 12.0 Å². The second kappa shape index (κ2) is 3.18. The number of aromatic amines is 1. The summed E-state index contributed by atoms with van der Waals surface area (Å²) in [5, 5.41) is 3.99. The van der Waals surface area contributed by atoms with Crippen molar-refractivity contribution < 1.29 is 4.39 Å². The fourth-order valence-electron chi connectivity index (χ4n) is 1.51. The highest BCUT2D eigenvalue weighted by atomic mass is 19.1. The summed E-state index contributed by atoms with van der Waals surface area (Å²) < 4.78 is 13.2. The number of nitrogens with one attached hydrogen (secondary N) is 2. The second-order valence-electron chi connectivity index (χ2n) is 3.01. The molecule has 1 aromatic carbocycles. The first-order valence-corrected chi connectivity index (χ1v) is 4.22. The Morgan fingerprint density at radius 3 is 3.08 bits per heavy atom. The molecule has 0 fully saturated rings. The molecule has 2 aromatic rings. The Labute approximate surface area is 75.8 Å². The van der Waals surface area contributed by atoms with E-state index in [1.54, 1.807) is 6.07 Å². The molecule has 0 bridgehead atoms. The first kappa shape index (κ1) is 8.26. The normalized spacial score (nSPS) is 10.9. The number of halogens is 1. The number of hydrogen-bond acceptors (Lipinski definition) is 1. The lowest BCUT2D eigenvalue weighted by atomic mass is 10.2. The van der Waals surface area contributed by atoms with E-state index < -0.39 is 0 Å². The van der Waals surface area contributed by atoms with Crippen molar-refractivity contribution in [2.24, 2.45) is 0 Å². The molecule has 0 aliphatic carbocycles. The smallest absolute Gasteiger partial charge is 0.147 e. The molecule has 0 aliphatic heterocycles. The Hall–Kier alpha value is -1.35. The SMILES string of the molecule is CNCc1c[nH]c2c(F)cccc12. The predicted molar refractivity (Wildman–Crippen MR) is 51.0 cm³/mol. The van der Waals surface area contributed by atoms with Gasteiger partial charge in [0.1, 0.15) is 5.82 Å². The molecule has 0 saturated carbocycles. The molecule has 0 amide bonds. The summed E-state index contributed by atoms with van der Waals surface area (Å²) in [7, 11) is 1.87. The topological polar surface area (TPSA) is 27.8 Å². The number of benzene rings is 1. The minimum atomic E-state index is -0.195. The Morgan fingerprint density at radius 1 is 1.46 bits per heavy atom. The Morgan fingerprint density at radius 2 is 2.31 bits per heavy atom. The van der Waals surface area contributed by atoms with Gasteiger partial charge in [0.2, 0.25) is 0 Å². The molecule has 68 valence electrons. The van der Waals surface area contributed by atoms with Crippen molar-refractivity contribution in [3.63, 3.8) is 0 Å². The van der Waals surface area contributed by atoms with Gasteiger partial charge in [-0.25, -0.2) is 4.39 Å². The maximum atomic E-state index is 13.2. The van der Waals surface area contributed by atoms with Gasteiger partial charge in [0.15, 0.2) is 0 Å². The molecule has 0 aliphatic rings. The Bertz CT molecular complexity index is 420. The van der Waals surface area contributed by atoms with Crippen LogP contribution in [-0.2, 0) is 6.54 Å². The molecule has 0 spiro atoms. The molecule has 0 unspecified atom stereocenters. The third kappa shape index (κ3) is 1.31. The van der Waals surface area contributed by atoms with Gasteiger partial charge in [-0.1, -0.05) is 12.1 Å². The van der Waals surface area contributed by atoms with Gasteiger partial charge in [0, 0.05) is 18.1 Å². The first-order valence-electron chi connectivity index (χ1n) is 4.22. The molecule has 2 N–H and O–H groups in total. The molecule has 2 nitrogen and oxygen atoms in total. The van der Waals surface area contributed by atoms with Crippen LogP contribution < -0.4 is 5.32 Å². The zero-order valence-corrected chi connectivity index (χ0v) is 7.39. The van der Waals surface area contributed by atoms with Crippen molar-refractivity contribution >= 4 is 10.9 Å². The molecule has 13 heavy (non-hydrogen) atoms. The van der Waals surface area contributed by atoms with E-state index in [0.29, 0.717) is 5.52 Å². The van der Waals surface area contributed by atoms with Crippen LogP contribution in [0.2, 0.25) is 0 Å². The molecule has 1 aromatic heterocycles. The van der Waals surface area contributed by atoms with Crippen LogP contribution >= 0.6 is 0 Å². The summed E-state index contributed by atoms with van der Waals surface area (Å²) >= 11 is 0. The highest BCUT2D eigenvalue weighted by Crippen LogP contribution is 2.20. The first-order chi connectivity index (χ1) is 6.33. The largest absolute Gasteiger partial charge is 0.358 e. The van der Waals surface area contributed by atoms with E-state index in [1.807, 2.05) is 19.3 Å². The minimum absolute atomic E-state index is 0.195. The van der Waals surface area contributed by atoms with Gasteiger partial charge in [-0.2, -0.15) is 0 Å². The number of hydrogen-bond donors (Lipinski definition) is 2. The number of aromatic nitrogens is 1. The molecular weight excluding hydrogens is 167 g/mol. The van der Waals surface area contributed by atoms with Crippen LogP contribution in [0.4, 0.5) is 4.39 Å². The fraction of sp³-hybridized carbons (Fsp3) is 0.200. The zero-order chi connectivity index (χ0) is 9.26. The molecule has 3 heteroatoms. The van der Waals surface area contributed by atoms with Gasteiger partial charge >= 0.3 is 0 Å². The van der Waals surface area contributed by atoms with Crippen LogP contribution in [0.5, 0.6) is 0 Å². The maximum Gasteiger partial charge on any atom is 0.147 e. The van der Waals surface area contributed by atoms with E-state index in [2.05, 4.69) is 10.3 Å². The second-order valence-corrected chi connectivity index (χ2v) is 3.01. The summed E-state index contributed by atoms with van der Waals surface area (Å²) in [6.45, 7) is 0.753. The van der Waals surface area contributed by atoms with E-state index in [4.69, 9.17) is 0 Å². The third-order valence-electron chi connectivity index (χ3n) is 2.12. The summed E-state index contributed by atoms with van der Waals surface area (Å²) in [6.07, 6.45) is 1.84. The van der Waals surface area contributed by atoms with Crippen LogP contribution in [0.15, 0.2) is 24.4 Å². The van der Waals surface area contributed by atoms with Crippen molar-refractivity contribution in [2.75, 3.05) is 7.05 Å². The van der Waals surface area contributed by atoms with Crippen molar-refractivity contribution in [3.8, 4) is 0 Å². The minimum Gasteiger partial charge on any atom is -0.358 e. The average Bonchev–Trinajstić information content (AvgIpc) is 2.51. The quantitative estimate of drug-likeness (QED) is 0.723. The van der Waals surface area contributed by atoms with Gasteiger partial charge in [-0.3, -0.25) is 0 Å². The summed E-state index contributed by atoms with van der Waals surface area (Å²) in [6, 6.07) is 5.11. The lowest BCUT2D eigenvalue weighted by Gasteiger charge is -1.96. The van der Waals surface area contributed by atoms with Gasteiger partial charge in [0.05, 0.1) is 5.52 Å². The number of rotatable bonds is 2. The molecule has 2 rings (SSSR count). The van der Waals surface area contributed by atoms with Gasteiger partial charge in [0.25, 0.3) is 0 Å². The standard InChI is InChI=1S/C10H11FN2/c1-12-5-7-6-13-10-8(7)3-2-4-9(10)11/h2-4,6,12-13H,5H2,1H3. The van der Waals surface area contributed by atoms with Crippen LogP contribution in [0.1, 0.15) is 5.56 Å². The van der Waals surface area contributed by atoms with Gasteiger partial charge in [-0.05, 0) is 18.7 Å². The summed E-state index contributed by atoms with van der Waals surface area (Å²) in [5.74, 6) is -0.195. The highest BCUT2D eigenvalue weighted by molar-refractivity contribution is 5.83. The molecule has 1 heterocycles. The van der Waals surface area contributed by atoms with E-state index >= 15 is 0 Å². The van der Waals surface area contributed by atoms with Crippen LogP contribution in [0.3, 0.4) is 0 Å². The van der Waals surface area contributed by atoms with E-state index in [0.717, 1.165) is 17.5 Å².